The molecular formula is C15H16Br2FNS. The number of hydrogen-bond donors (Lipinski definition) is 1. The third kappa shape index (κ3) is 4.38. The van der Waals surface area contributed by atoms with Crippen LogP contribution >= 0.6 is 43.2 Å². The highest BCUT2D eigenvalue weighted by Gasteiger charge is 2.17. The molecule has 1 aromatic carbocycles. The zero-order valence-electron chi connectivity index (χ0n) is 11.1. The van der Waals surface area contributed by atoms with Crippen LogP contribution in [0, 0.1) is 5.82 Å². The summed E-state index contributed by atoms with van der Waals surface area (Å²) < 4.78 is 15.2. The first kappa shape index (κ1) is 16.1. The Morgan fingerprint density at radius 1 is 1.25 bits per heavy atom. The van der Waals surface area contributed by atoms with E-state index in [9.17, 15) is 4.39 Å². The number of thiophene rings is 1. The molecule has 108 valence electrons. The number of benzene rings is 1. The van der Waals surface area contributed by atoms with Crippen molar-refractivity contribution in [1.29, 1.82) is 0 Å². The monoisotopic (exact) mass is 419 g/mol. The van der Waals surface area contributed by atoms with E-state index >= 15 is 0 Å². The summed E-state index contributed by atoms with van der Waals surface area (Å²) in [4.78, 5) is 0. The van der Waals surface area contributed by atoms with Crippen molar-refractivity contribution in [2.75, 3.05) is 6.54 Å². The molecule has 5 heteroatoms. The molecule has 0 aliphatic carbocycles. The Bertz CT molecular complexity index is 554. The Morgan fingerprint density at radius 3 is 2.50 bits per heavy atom. The maximum atomic E-state index is 13.0. The quantitative estimate of drug-likeness (QED) is 0.632. The minimum atomic E-state index is -0.189. The summed E-state index contributed by atoms with van der Waals surface area (Å²) in [6.45, 7) is 3.12. The highest BCUT2D eigenvalue weighted by molar-refractivity contribution is 9.12. The number of hydrogen-bond acceptors (Lipinski definition) is 2. The van der Waals surface area contributed by atoms with Gasteiger partial charge in [-0.1, -0.05) is 19.1 Å². The fraction of sp³-hybridized carbons (Fsp3) is 0.333. The van der Waals surface area contributed by atoms with Crippen LogP contribution in [-0.2, 0) is 6.42 Å². The van der Waals surface area contributed by atoms with Crippen LogP contribution in [0.25, 0.3) is 0 Å². The van der Waals surface area contributed by atoms with E-state index in [4.69, 9.17) is 0 Å². The third-order valence-corrected chi connectivity index (χ3v) is 5.44. The van der Waals surface area contributed by atoms with E-state index in [0.29, 0.717) is 0 Å². The molecule has 0 bridgehead atoms. The average Bonchev–Trinajstić information content (AvgIpc) is 2.76. The molecule has 1 heterocycles. The summed E-state index contributed by atoms with van der Waals surface area (Å²) in [6, 6.07) is 9.12. The summed E-state index contributed by atoms with van der Waals surface area (Å²) >= 11 is 8.83. The molecule has 1 N–H and O–H groups in total. The van der Waals surface area contributed by atoms with Crippen LogP contribution in [0.4, 0.5) is 4.39 Å². The predicted molar refractivity (Wildman–Crippen MR) is 90.9 cm³/mol. The van der Waals surface area contributed by atoms with Gasteiger partial charge < -0.3 is 5.32 Å². The SMILES string of the molecule is CCCNC(Cc1ccc(F)cc1)c1cc(Br)sc1Br. The first-order valence-electron chi connectivity index (χ1n) is 6.52. The lowest BCUT2D eigenvalue weighted by Crippen LogP contribution is -2.24. The van der Waals surface area contributed by atoms with Gasteiger partial charge in [0.15, 0.2) is 0 Å². The zero-order chi connectivity index (χ0) is 14.5. The highest BCUT2D eigenvalue weighted by Crippen LogP contribution is 2.36. The van der Waals surface area contributed by atoms with Crippen molar-refractivity contribution >= 4 is 43.2 Å². The van der Waals surface area contributed by atoms with Crippen LogP contribution in [0.2, 0.25) is 0 Å². The van der Waals surface area contributed by atoms with Crippen molar-refractivity contribution < 1.29 is 4.39 Å². The van der Waals surface area contributed by atoms with Gasteiger partial charge in [-0.15, -0.1) is 11.3 Å². The average molecular weight is 421 g/mol. The van der Waals surface area contributed by atoms with Crippen LogP contribution in [0.15, 0.2) is 37.9 Å². The van der Waals surface area contributed by atoms with Crippen molar-refractivity contribution in [1.82, 2.24) is 5.32 Å². The van der Waals surface area contributed by atoms with Gasteiger partial charge in [0.2, 0.25) is 0 Å². The van der Waals surface area contributed by atoms with Gasteiger partial charge in [-0.2, -0.15) is 0 Å². The van der Waals surface area contributed by atoms with Crippen LogP contribution in [0.5, 0.6) is 0 Å². The van der Waals surface area contributed by atoms with Crippen LogP contribution in [0.3, 0.4) is 0 Å². The van der Waals surface area contributed by atoms with Crippen LogP contribution < -0.4 is 5.32 Å². The predicted octanol–water partition coefficient (Wildman–Crippen LogP) is 5.70. The molecule has 1 atom stereocenters. The van der Waals surface area contributed by atoms with Gasteiger partial charge in [-0.25, -0.2) is 4.39 Å². The second-order valence-corrected chi connectivity index (χ2v) is 8.37. The van der Waals surface area contributed by atoms with E-state index in [1.54, 1.807) is 11.3 Å². The standard InChI is InChI=1S/C15H16Br2FNS/c1-2-7-19-13(12-9-14(16)20-15(12)17)8-10-3-5-11(18)6-4-10/h3-6,9,13,19H,2,7-8H2,1H3. The van der Waals surface area contributed by atoms with Gasteiger partial charge >= 0.3 is 0 Å². The Hall–Kier alpha value is -0.230. The summed E-state index contributed by atoms with van der Waals surface area (Å²) in [6.07, 6.45) is 1.94. The molecule has 0 fully saturated rings. The molecule has 0 saturated carbocycles. The Morgan fingerprint density at radius 2 is 1.95 bits per heavy atom. The van der Waals surface area contributed by atoms with Crippen molar-refractivity contribution in [3.63, 3.8) is 0 Å². The molecule has 1 unspecified atom stereocenters. The lowest BCUT2D eigenvalue weighted by atomic mass is 10.0. The normalized spacial score (nSPS) is 12.6. The lowest BCUT2D eigenvalue weighted by molar-refractivity contribution is 0.528. The molecule has 0 saturated heterocycles. The first-order valence-corrected chi connectivity index (χ1v) is 8.93. The van der Waals surface area contributed by atoms with E-state index < -0.39 is 0 Å². The molecule has 0 aliphatic heterocycles. The molecule has 20 heavy (non-hydrogen) atoms. The summed E-state index contributed by atoms with van der Waals surface area (Å²) in [7, 11) is 0. The van der Waals surface area contributed by atoms with E-state index in [-0.39, 0.29) is 11.9 Å². The van der Waals surface area contributed by atoms with E-state index in [2.05, 4.69) is 50.2 Å². The highest BCUT2D eigenvalue weighted by atomic mass is 79.9. The summed E-state index contributed by atoms with van der Waals surface area (Å²) in [5.41, 5.74) is 2.38. The van der Waals surface area contributed by atoms with Gasteiger partial charge in [0.1, 0.15) is 5.82 Å². The second kappa shape index (κ2) is 7.69. The smallest absolute Gasteiger partial charge is 0.123 e. The molecule has 0 radical (unpaired) electrons. The number of rotatable bonds is 6. The van der Waals surface area contributed by atoms with Gasteiger partial charge in [-0.3, -0.25) is 0 Å². The van der Waals surface area contributed by atoms with E-state index in [1.807, 2.05) is 12.1 Å². The zero-order valence-corrected chi connectivity index (χ0v) is 15.1. The molecule has 1 nitrogen and oxygen atoms in total. The fourth-order valence-electron chi connectivity index (χ4n) is 2.06. The minimum Gasteiger partial charge on any atom is -0.310 e. The third-order valence-electron chi connectivity index (χ3n) is 3.05. The first-order chi connectivity index (χ1) is 9.60. The van der Waals surface area contributed by atoms with E-state index in [1.165, 1.54) is 17.7 Å². The van der Waals surface area contributed by atoms with Crippen molar-refractivity contribution in [2.45, 2.75) is 25.8 Å². The van der Waals surface area contributed by atoms with Crippen LogP contribution in [-0.4, -0.2) is 6.54 Å². The Labute approximate surface area is 139 Å². The van der Waals surface area contributed by atoms with Crippen molar-refractivity contribution in [3.05, 3.63) is 54.8 Å². The van der Waals surface area contributed by atoms with Gasteiger partial charge in [0.05, 0.1) is 7.57 Å². The number of halogens is 3. The largest absolute Gasteiger partial charge is 0.310 e. The maximum Gasteiger partial charge on any atom is 0.123 e. The lowest BCUT2D eigenvalue weighted by Gasteiger charge is -2.18. The van der Waals surface area contributed by atoms with Gasteiger partial charge in [-0.05, 0) is 80.6 Å². The van der Waals surface area contributed by atoms with Gasteiger partial charge in [0.25, 0.3) is 0 Å². The summed E-state index contributed by atoms with van der Waals surface area (Å²) in [5, 5.41) is 3.57. The molecule has 0 aliphatic rings. The Balaban J connectivity index is 2.19. The van der Waals surface area contributed by atoms with Gasteiger partial charge in [0, 0.05) is 6.04 Å². The minimum absolute atomic E-state index is 0.189. The molecule has 2 rings (SSSR count). The van der Waals surface area contributed by atoms with Crippen molar-refractivity contribution in [2.24, 2.45) is 0 Å². The molecule has 0 spiro atoms. The molecule has 2 aromatic rings. The van der Waals surface area contributed by atoms with Crippen LogP contribution in [0.1, 0.15) is 30.5 Å². The summed E-state index contributed by atoms with van der Waals surface area (Å²) in [5.74, 6) is -0.189. The maximum absolute atomic E-state index is 13.0. The second-order valence-electron chi connectivity index (χ2n) is 4.62. The topological polar surface area (TPSA) is 12.0 Å². The fourth-order valence-corrected chi connectivity index (χ4v) is 5.03. The Kier molecular flexibility index (Phi) is 6.20. The number of nitrogens with one attached hydrogen (secondary N) is 1. The molecule has 1 aromatic heterocycles. The van der Waals surface area contributed by atoms with Crippen molar-refractivity contribution in [3.8, 4) is 0 Å². The molecule has 0 amide bonds. The van der Waals surface area contributed by atoms with E-state index in [0.717, 1.165) is 32.5 Å². The molecular weight excluding hydrogens is 405 g/mol.